The van der Waals surface area contributed by atoms with E-state index in [0.717, 1.165) is 5.56 Å². The fourth-order valence-corrected chi connectivity index (χ4v) is 2.52. The van der Waals surface area contributed by atoms with Gasteiger partial charge in [-0.1, -0.05) is 42.5 Å². The monoisotopic (exact) mass is 378 g/mol. The Hall–Kier alpha value is -3.59. The number of carbonyl (C=O) groups excluding carboxylic acids is 2. The summed E-state index contributed by atoms with van der Waals surface area (Å²) in [7, 11) is 3.19. The summed E-state index contributed by atoms with van der Waals surface area (Å²) in [6.07, 6.45) is 0.404. The van der Waals surface area contributed by atoms with E-state index >= 15 is 0 Å². The lowest BCUT2D eigenvalue weighted by Crippen LogP contribution is -2.37. The van der Waals surface area contributed by atoms with E-state index in [1.54, 1.807) is 38.4 Å². The summed E-state index contributed by atoms with van der Waals surface area (Å²) in [5.41, 5.74) is 1.43. The summed E-state index contributed by atoms with van der Waals surface area (Å²) in [5, 5.41) is 9.27. The second kappa shape index (κ2) is 9.93. The van der Waals surface area contributed by atoms with Gasteiger partial charge in [0, 0.05) is 13.6 Å². The Morgan fingerprint density at radius 3 is 2.36 bits per heavy atom. The highest BCUT2D eigenvalue weighted by atomic mass is 16.5. The molecule has 0 fully saturated rings. The van der Waals surface area contributed by atoms with Crippen LogP contribution in [0, 0.1) is 11.3 Å². The van der Waals surface area contributed by atoms with Crippen molar-refractivity contribution in [3.63, 3.8) is 0 Å². The zero-order valence-corrected chi connectivity index (χ0v) is 16.1. The number of esters is 1. The minimum Gasteiger partial charge on any atom is -0.497 e. The van der Waals surface area contributed by atoms with Crippen LogP contribution in [0.25, 0.3) is 6.08 Å². The predicted molar refractivity (Wildman–Crippen MR) is 105 cm³/mol. The molecule has 0 N–H and O–H groups in total. The van der Waals surface area contributed by atoms with Crippen molar-refractivity contribution in [2.75, 3.05) is 14.2 Å². The van der Waals surface area contributed by atoms with Crippen molar-refractivity contribution in [1.82, 2.24) is 4.90 Å². The number of methoxy groups -OCH3 is 1. The quantitative estimate of drug-likeness (QED) is 0.420. The fraction of sp³-hybridized carbons (Fsp3) is 0.227. The highest BCUT2D eigenvalue weighted by Crippen LogP contribution is 2.15. The van der Waals surface area contributed by atoms with Gasteiger partial charge in [-0.05, 0) is 36.3 Å². The van der Waals surface area contributed by atoms with Gasteiger partial charge in [0.1, 0.15) is 17.4 Å². The fourth-order valence-electron chi connectivity index (χ4n) is 2.52. The van der Waals surface area contributed by atoms with Gasteiger partial charge in [0.05, 0.1) is 7.11 Å². The predicted octanol–water partition coefficient (Wildman–Crippen LogP) is 3.19. The molecule has 0 aromatic heterocycles. The molecular weight excluding hydrogens is 356 g/mol. The number of rotatable bonds is 7. The van der Waals surface area contributed by atoms with Crippen LogP contribution in [0.1, 0.15) is 18.1 Å². The Labute approximate surface area is 164 Å². The van der Waals surface area contributed by atoms with Gasteiger partial charge in [0.25, 0.3) is 5.91 Å². The maximum atomic E-state index is 12.5. The first-order valence-electron chi connectivity index (χ1n) is 8.70. The molecule has 0 heterocycles. The van der Waals surface area contributed by atoms with Crippen LogP contribution in [-0.2, 0) is 20.9 Å². The van der Waals surface area contributed by atoms with Gasteiger partial charge >= 0.3 is 5.97 Å². The SMILES string of the molecule is COc1ccc(/C=C(\C#N)C(=O)O[C@H](C)C(=O)N(C)Cc2ccccc2)cc1. The Balaban J connectivity index is 2.01. The molecule has 0 aliphatic heterocycles. The third kappa shape index (κ3) is 5.71. The van der Waals surface area contributed by atoms with Crippen molar-refractivity contribution in [3.05, 3.63) is 71.3 Å². The van der Waals surface area contributed by atoms with Crippen molar-refractivity contribution >= 4 is 18.0 Å². The molecule has 6 heteroatoms. The Morgan fingerprint density at radius 2 is 1.79 bits per heavy atom. The minimum atomic E-state index is -1.01. The van der Waals surface area contributed by atoms with Crippen LogP contribution in [0.5, 0.6) is 5.75 Å². The van der Waals surface area contributed by atoms with Gasteiger partial charge in [-0.15, -0.1) is 0 Å². The first-order valence-corrected chi connectivity index (χ1v) is 8.70. The van der Waals surface area contributed by atoms with Crippen molar-refractivity contribution in [1.29, 1.82) is 5.26 Å². The summed E-state index contributed by atoms with van der Waals surface area (Å²) < 4.78 is 10.3. The van der Waals surface area contributed by atoms with E-state index in [9.17, 15) is 14.9 Å². The van der Waals surface area contributed by atoms with E-state index in [-0.39, 0.29) is 11.5 Å². The lowest BCUT2D eigenvalue weighted by molar-refractivity contribution is -0.155. The summed E-state index contributed by atoms with van der Waals surface area (Å²) in [6, 6.07) is 18.2. The highest BCUT2D eigenvalue weighted by Gasteiger charge is 2.23. The molecule has 0 radical (unpaired) electrons. The van der Waals surface area contributed by atoms with E-state index in [0.29, 0.717) is 17.9 Å². The first-order chi connectivity index (χ1) is 13.4. The van der Waals surface area contributed by atoms with E-state index in [2.05, 4.69) is 0 Å². The molecule has 1 amide bonds. The van der Waals surface area contributed by atoms with Gasteiger partial charge in [0.15, 0.2) is 6.10 Å². The number of benzene rings is 2. The molecule has 0 aliphatic rings. The van der Waals surface area contributed by atoms with Crippen LogP contribution < -0.4 is 4.74 Å². The number of nitriles is 1. The van der Waals surface area contributed by atoms with Crippen LogP contribution in [0.3, 0.4) is 0 Å². The summed E-state index contributed by atoms with van der Waals surface area (Å²) in [6.45, 7) is 1.89. The van der Waals surface area contributed by atoms with Crippen LogP contribution >= 0.6 is 0 Å². The number of hydrogen-bond donors (Lipinski definition) is 0. The zero-order valence-electron chi connectivity index (χ0n) is 16.1. The Morgan fingerprint density at radius 1 is 1.14 bits per heavy atom. The summed E-state index contributed by atoms with van der Waals surface area (Å²) >= 11 is 0. The van der Waals surface area contributed by atoms with Crippen LogP contribution in [0.4, 0.5) is 0 Å². The zero-order chi connectivity index (χ0) is 20.5. The lowest BCUT2D eigenvalue weighted by Gasteiger charge is -2.21. The van der Waals surface area contributed by atoms with Crippen molar-refractivity contribution in [2.24, 2.45) is 0 Å². The topological polar surface area (TPSA) is 79.6 Å². The molecule has 28 heavy (non-hydrogen) atoms. The molecule has 0 saturated heterocycles. The normalized spacial score (nSPS) is 11.9. The van der Waals surface area contributed by atoms with Crippen LogP contribution in [0.15, 0.2) is 60.2 Å². The number of carbonyl (C=O) groups is 2. The minimum absolute atomic E-state index is 0.185. The maximum Gasteiger partial charge on any atom is 0.349 e. The molecule has 0 bridgehead atoms. The van der Waals surface area contributed by atoms with Crippen LogP contribution in [-0.4, -0.2) is 37.0 Å². The molecule has 0 spiro atoms. The molecular formula is C22H22N2O4. The largest absolute Gasteiger partial charge is 0.497 e. The Kier molecular flexibility index (Phi) is 7.35. The molecule has 144 valence electrons. The third-order valence-electron chi connectivity index (χ3n) is 4.04. The summed E-state index contributed by atoms with van der Waals surface area (Å²) in [4.78, 5) is 26.2. The van der Waals surface area contributed by atoms with Crippen molar-refractivity contribution in [3.8, 4) is 11.8 Å². The van der Waals surface area contributed by atoms with E-state index in [4.69, 9.17) is 9.47 Å². The number of amides is 1. The Bertz CT molecular complexity index is 883. The molecule has 2 aromatic carbocycles. The smallest absolute Gasteiger partial charge is 0.349 e. The third-order valence-corrected chi connectivity index (χ3v) is 4.04. The van der Waals surface area contributed by atoms with Gasteiger partial charge < -0.3 is 14.4 Å². The average molecular weight is 378 g/mol. The summed E-state index contributed by atoms with van der Waals surface area (Å²) in [5.74, 6) is -0.523. The number of ether oxygens (including phenoxy) is 2. The molecule has 0 aliphatic carbocycles. The number of hydrogen-bond acceptors (Lipinski definition) is 5. The van der Waals surface area contributed by atoms with Gasteiger partial charge in [-0.25, -0.2) is 4.79 Å². The van der Waals surface area contributed by atoms with E-state index in [1.165, 1.54) is 17.9 Å². The van der Waals surface area contributed by atoms with Gasteiger partial charge in [-0.2, -0.15) is 5.26 Å². The molecule has 2 aromatic rings. The number of nitrogens with zero attached hydrogens (tertiary/aromatic N) is 2. The van der Waals surface area contributed by atoms with Crippen molar-refractivity contribution < 1.29 is 19.1 Å². The second-order valence-corrected chi connectivity index (χ2v) is 6.17. The molecule has 1 atom stereocenters. The van der Waals surface area contributed by atoms with E-state index < -0.39 is 12.1 Å². The lowest BCUT2D eigenvalue weighted by atomic mass is 10.1. The van der Waals surface area contributed by atoms with E-state index in [1.807, 2.05) is 36.4 Å². The average Bonchev–Trinajstić information content (AvgIpc) is 2.72. The molecule has 2 rings (SSSR count). The van der Waals surface area contributed by atoms with Gasteiger partial charge in [0.2, 0.25) is 0 Å². The van der Waals surface area contributed by atoms with Crippen LogP contribution in [0.2, 0.25) is 0 Å². The first kappa shape index (κ1) is 20.7. The second-order valence-electron chi connectivity index (χ2n) is 6.17. The highest BCUT2D eigenvalue weighted by molar-refractivity contribution is 5.99. The van der Waals surface area contributed by atoms with Crippen molar-refractivity contribution in [2.45, 2.75) is 19.6 Å². The molecule has 6 nitrogen and oxygen atoms in total. The number of likely N-dealkylation sites (N-methyl/N-ethyl adjacent to an activating group) is 1. The molecule has 0 saturated carbocycles. The molecule has 0 unspecified atom stereocenters. The maximum absolute atomic E-state index is 12.5. The van der Waals surface area contributed by atoms with Gasteiger partial charge in [-0.3, -0.25) is 4.79 Å². The standard InChI is InChI=1S/C22H22N2O4/c1-16(21(25)24(2)15-18-7-5-4-6-8-18)28-22(26)19(14-23)13-17-9-11-20(27-3)12-10-17/h4-13,16H,15H2,1-3H3/b19-13+/t16-/m1/s1.